The van der Waals surface area contributed by atoms with Gasteiger partial charge in [0.15, 0.2) is 5.78 Å². The highest BCUT2D eigenvalue weighted by Gasteiger charge is 2.46. The van der Waals surface area contributed by atoms with Gasteiger partial charge in [-0.2, -0.15) is 0 Å². The van der Waals surface area contributed by atoms with Crippen LogP contribution in [0.2, 0.25) is 5.02 Å². The highest BCUT2D eigenvalue weighted by Crippen LogP contribution is 2.52. The first-order valence-electron chi connectivity index (χ1n) is 6.95. The second-order valence-electron chi connectivity index (χ2n) is 5.55. The van der Waals surface area contributed by atoms with Gasteiger partial charge in [0, 0.05) is 29.3 Å². The molecule has 0 amide bonds. The van der Waals surface area contributed by atoms with E-state index >= 15 is 0 Å². The highest BCUT2D eigenvalue weighted by molar-refractivity contribution is 6.31. The highest BCUT2D eigenvalue weighted by atomic mass is 35.5. The van der Waals surface area contributed by atoms with Crippen molar-refractivity contribution in [1.82, 2.24) is 9.97 Å². The van der Waals surface area contributed by atoms with Crippen LogP contribution in [0.25, 0.3) is 0 Å². The van der Waals surface area contributed by atoms with Crippen molar-refractivity contribution in [2.45, 2.75) is 24.7 Å². The number of rotatable bonds is 5. The topological polar surface area (TPSA) is 63.1 Å². The number of carbonyl (C=O) groups excluding carboxylic acids is 1. The maximum Gasteiger partial charge on any atom is 0.191 e. The van der Waals surface area contributed by atoms with Crippen LogP contribution in [-0.2, 0) is 11.8 Å². The SMILES string of the molecule is O=C(CO)c1cnc(CC2(c3ccc(F)cc3Cl)CC2)nc1. The molecule has 4 nitrogen and oxygen atoms in total. The Hall–Kier alpha value is -1.85. The molecule has 1 saturated carbocycles. The monoisotopic (exact) mass is 320 g/mol. The lowest BCUT2D eigenvalue weighted by Gasteiger charge is -2.16. The van der Waals surface area contributed by atoms with Crippen LogP contribution < -0.4 is 0 Å². The van der Waals surface area contributed by atoms with E-state index in [0.717, 1.165) is 18.4 Å². The standard InChI is InChI=1S/C16H14ClFN2O2/c17-13-5-11(18)1-2-12(13)16(3-4-16)6-15-19-7-10(8-20-15)14(22)9-21/h1-2,5,7-8,21H,3-4,6,9H2. The lowest BCUT2D eigenvalue weighted by molar-refractivity contribution is 0.0903. The van der Waals surface area contributed by atoms with E-state index < -0.39 is 12.4 Å². The van der Waals surface area contributed by atoms with E-state index in [0.29, 0.717) is 17.3 Å². The van der Waals surface area contributed by atoms with Crippen LogP contribution >= 0.6 is 11.6 Å². The molecular weight excluding hydrogens is 307 g/mol. The maximum absolute atomic E-state index is 13.2. The molecule has 3 rings (SSSR count). The Kier molecular flexibility index (Phi) is 3.93. The van der Waals surface area contributed by atoms with Gasteiger partial charge in [0.1, 0.15) is 18.2 Å². The summed E-state index contributed by atoms with van der Waals surface area (Å²) < 4.78 is 13.2. The lowest BCUT2D eigenvalue weighted by atomic mass is 9.92. The van der Waals surface area contributed by atoms with E-state index in [-0.39, 0.29) is 16.8 Å². The number of hydrogen-bond acceptors (Lipinski definition) is 4. The Morgan fingerprint density at radius 2 is 2.00 bits per heavy atom. The van der Waals surface area contributed by atoms with Gasteiger partial charge in [0.05, 0.1) is 5.56 Å². The first-order valence-corrected chi connectivity index (χ1v) is 7.32. The maximum atomic E-state index is 13.2. The smallest absolute Gasteiger partial charge is 0.191 e. The van der Waals surface area contributed by atoms with E-state index in [1.807, 2.05) is 0 Å². The Morgan fingerprint density at radius 1 is 1.32 bits per heavy atom. The van der Waals surface area contributed by atoms with Crippen LogP contribution in [0.3, 0.4) is 0 Å². The van der Waals surface area contributed by atoms with Crippen molar-refractivity contribution in [3.05, 3.63) is 58.4 Å². The lowest BCUT2D eigenvalue weighted by Crippen LogP contribution is -2.14. The average molecular weight is 321 g/mol. The number of carbonyl (C=O) groups is 1. The molecule has 22 heavy (non-hydrogen) atoms. The van der Waals surface area contributed by atoms with Crippen LogP contribution in [0.1, 0.15) is 34.6 Å². The molecule has 0 radical (unpaired) electrons. The summed E-state index contributed by atoms with van der Waals surface area (Å²) in [6.07, 6.45) is 5.32. The van der Waals surface area contributed by atoms with E-state index in [1.165, 1.54) is 24.5 Å². The van der Waals surface area contributed by atoms with Gasteiger partial charge >= 0.3 is 0 Å². The summed E-state index contributed by atoms with van der Waals surface area (Å²) in [5.74, 6) is -0.158. The second kappa shape index (κ2) is 5.74. The third-order valence-electron chi connectivity index (χ3n) is 4.02. The number of nitrogens with zero attached hydrogens (tertiary/aromatic N) is 2. The van der Waals surface area contributed by atoms with Crippen molar-refractivity contribution >= 4 is 17.4 Å². The number of aliphatic hydroxyl groups excluding tert-OH is 1. The minimum absolute atomic E-state index is 0.146. The summed E-state index contributed by atoms with van der Waals surface area (Å²) in [6.45, 7) is -0.558. The Morgan fingerprint density at radius 3 is 2.55 bits per heavy atom. The predicted molar refractivity (Wildman–Crippen MR) is 79.5 cm³/mol. The van der Waals surface area contributed by atoms with E-state index in [4.69, 9.17) is 16.7 Å². The molecule has 2 aromatic rings. The predicted octanol–water partition coefficient (Wildman–Crippen LogP) is 2.72. The summed E-state index contributed by atoms with van der Waals surface area (Å²) >= 11 is 6.15. The van der Waals surface area contributed by atoms with Crippen molar-refractivity contribution in [3.8, 4) is 0 Å². The van der Waals surface area contributed by atoms with Gasteiger partial charge in [0.25, 0.3) is 0 Å². The number of ketones is 1. The normalized spacial score (nSPS) is 15.6. The number of hydrogen-bond donors (Lipinski definition) is 1. The van der Waals surface area contributed by atoms with Crippen LogP contribution in [0.4, 0.5) is 4.39 Å². The molecule has 1 N–H and O–H groups in total. The zero-order chi connectivity index (χ0) is 15.7. The van der Waals surface area contributed by atoms with Gasteiger partial charge in [-0.15, -0.1) is 0 Å². The molecule has 0 spiro atoms. The fourth-order valence-electron chi connectivity index (χ4n) is 2.60. The quantitative estimate of drug-likeness (QED) is 0.860. The Labute approximate surface area is 132 Å². The van der Waals surface area contributed by atoms with E-state index in [9.17, 15) is 9.18 Å². The molecule has 0 atom stereocenters. The summed E-state index contributed by atoms with van der Waals surface area (Å²) in [5, 5.41) is 9.23. The van der Waals surface area contributed by atoms with Gasteiger partial charge in [-0.1, -0.05) is 17.7 Å². The van der Waals surface area contributed by atoms with Crippen LogP contribution in [0.5, 0.6) is 0 Å². The fraction of sp³-hybridized carbons (Fsp3) is 0.312. The van der Waals surface area contributed by atoms with Crippen molar-refractivity contribution in [2.75, 3.05) is 6.61 Å². The van der Waals surface area contributed by atoms with Gasteiger partial charge in [-0.25, -0.2) is 14.4 Å². The Balaban J connectivity index is 1.81. The number of halogens is 2. The molecule has 1 heterocycles. The van der Waals surface area contributed by atoms with Crippen LogP contribution in [0, 0.1) is 5.82 Å². The first-order chi connectivity index (χ1) is 10.5. The van der Waals surface area contributed by atoms with Crippen molar-refractivity contribution < 1.29 is 14.3 Å². The van der Waals surface area contributed by atoms with Crippen molar-refractivity contribution in [1.29, 1.82) is 0 Å². The molecule has 0 unspecified atom stereocenters. The van der Waals surface area contributed by atoms with Crippen LogP contribution in [0.15, 0.2) is 30.6 Å². The van der Waals surface area contributed by atoms with Gasteiger partial charge in [-0.05, 0) is 30.5 Å². The molecule has 0 saturated heterocycles. The van der Waals surface area contributed by atoms with E-state index in [1.54, 1.807) is 6.07 Å². The molecule has 1 aromatic heterocycles. The van der Waals surface area contributed by atoms with E-state index in [2.05, 4.69) is 9.97 Å². The van der Waals surface area contributed by atoms with Crippen LogP contribution in [-0.4, -0.2) is 27.5 Å². The molecule has 1 fully saturated rings. The largest absolute Gasteiger partial charge is 0.388 e. The number of Topliss-reactive ketones (excluding diaryl/α,β-unsaturated/α-hetero) is 1. The molecule has 114 valence electrons. The minimum Gasteiger partial charge on any atom is -0.388 e. The van der Waals surface area contributed by atoms with Gasteiger partial charge in [0.2, 0.25) is 0 Å². The first kappa shape index (κ1) is 15.1. The summed E-state index contributed by atoms with van der Waals surface area (Å²) in [7, 11) is 0. The number of benzene rings is 1. The molecule has 0 bridgehead atoms. The molecular formula is C16H14ClFN2O2. The molecule has 1 aliphatic carbocycles. The summed E-state index contributed by atoms with van der Waals surface area (Å²) in [6, 6.07) is 4.44. The average Bonchev–Trinajstić information content (AvgIpc) is 3.27. The minimum atomic E-state index is -0.558. The zero-order valence-electron chi connectivity index (χ0n) is 11.7. The molecule has 6 heteroatoms. The van der Waals surface area contributed by atoms with Gasteiger partial charge < -0.3 is 5.11 Å². The molecule has 1 aliphatic rings. The zero-order valence-corrected chi connectivity index (χ0v) is 12.5. The summed E-state index contributed by atoms with van der Waals surface area (Å²) in [5.41, 5.74) is 1.05. The second-order valence-corrected chi connectivity index (χ2v) is 5.96. The summed E-state index contributed by atoms with van der Waals surface area (Å²) in [4.78, 5) is 19.7. The fourth-order valence-corrected chi connectivity index (χ4v) is 2.96. The van der Waals surface area contributed by atoms with Crippen molar-refractivity contribution in [2.24, 2.45) is 0 Å². The third-order valence-corrected chi connectivity index (χ3v) is 4.34. The number of aromatic nitrogens is 2. The van der Waals surface area contributed by atoms with Gasteiger partial charge in [-0.3, -0.25) is 4.79 Å². The number of aliphatic hydroxyl groups is 1. The molecule has 1 aromatic carbocycles. The van der Waals surface area contributed by atoms with Crippen molar-refractivity contribution in [3.63, 3.8) is 0 Å². The Bertz CT molecular complexity index is 715. The third kappa shape index (κ3) is 2.87. The molecule has 0 aliphatic heterocycles.